The van der Waals surface area contributed by atoms with Crippen molar-refractivity contribution >= 4 is 5.97 Å². The number of benzene rings is 2. The Morgan fingerprint density at radius 1 is 1.11 bits per heavy atom. The Morgan fingerprint density at radius 2 is 1.78 bits per heavy atom. The molecule has 1 atom stereocenters. The molecule has 2 aromatic carbocycles. The fourth-order valence-corrected chi connectivity index (χ4v) is 3.39. The van der Waals surface area contributed by atoms with Crippen LogP contribution in [0.3, 0.4) is 0 Å². The minimum atomic E-state index is -4.43. The van der Waals surface area contributed by atoms with E-state index >= 15 is 0 Å². The van der Waals surface area contributed by atoms with Gasteiger partial charge >= 0.3 is 17.7 Å². The van der Waals surface area contributed by atoms with Crippen molar-refractivity contribution < 1.29 is 27.8 Å². The molecule has 2 N–H and O–H groups in total. The van der Waals surface area contributed by atoms with E-state index in [1.54, 1.807) is 0 Å². The normalized spacial score (nSPS) is 21.0. The topological polar surface area (TPSA) is 53.3 Å². The van der Waals surface area contributed by atoms with Crippen LogP contribution in [0.15, 0.2) is 54.6 Å². The molecule has 1 aliphatic rings. The number of carboxylic acid groups (broad SMARTS) is 1. The van der Waals surface area contributed by atoms with Crippen molar-refractivity contribution in [2.24, 2.45) is 0 Å². The molecule has 0 spiro atoms. The molecular formula is C20H21F3NO3+. The molecule has 1 aliphatic heterocycles. The third kappa shape index (κ3) is 4.60. The average molecular weight is 380 g/mol. The second-order valence-electron chi connectivity index (χ2n) is 6.79. The highest BCUT2D eigenvalue weighted by Crippen LogP contribution is 2.34. The first-order chi connectivity index (χ1) is 12.8. The summed E-state index contributed by atoms with van der Waals surface area (Å²) in [5.74, 6) is -0.813. The number of aliphatic hydroxyl groups is 1. The van der Waals surface area contributed by atoms with Crippen LogP contribution < -0.4 is 0 Å². The maximum atomic E-state index is 12.7. The molecule has 0 saturated carbocycles. The van der Waals surface area contributed by atoms with E-state index in [4.69, 9.17) is 0 Å². The van der Waals surface area contributed by atoms with Crippen LogP contribution in [-0.2, 0) is 17.5 Å². The maximum absolute atomic E-state index is 12.7. The zero-order valence-electron chi connectivity index (χ0n) is 14.6. The van der Waals surface area contributed by atoms with Crippen LogP contribution in [0.2, 0.25) is 0 Å². The van der Waals surface area contributed by atoms with Gasteiger partial charge in [-0.25, -0.2) is 4.79 Å². The number of aromatic hydroxyl groups is 1. The molecule has 0 aromatic heterocycles. The highest BCUT2D eigenvalue weighted by molar-refractivity contribution is 5.78. The molecule has 27 heavy (non-hydrogen) atoms. The number of aliphatic carboxylic acids is 1. The molecular weight excluding hydrogens is 359 g/mol. The average Bonchev–Trinajstić information content (AvgIpc) is 2.62. The summed E-state index contributed by atoms with van der Waals surface area (Å²) < 4.78 is 42.5. The number of hydrogen-bond acceptors (Lipinski definition) is 2. The molecule has 0 amide bonds. The van der Waals surface area contributed by atoms with Crippen LogP contribution in [0.25, 0.3) is 0 Å². The fraction of sp³-hybridized carbons (Fsp3) is 0.350. The largest absolute Gasteiger partial charge is 0.570 e. The summed E-state index contributed by atoms with van der Waals surface area (Å²) in [6.45, 7) is 1.59. The highest BCUT2D eigenvalue weighted by Gasteiger charge is 2.49. The van der Waals surface area contributed by atoms with E-state index in [1.165, 1.54) is 12.1 Å². The van der Waals surface area contributed by atoms with Gasteiger partial charge in [0.2, 0.25) is 0 Å². The molecule has 144 valence electrons. The monoisotopic (exact) mass is 380 g/mol. The van der Waals surface area contributed by atoms with Gasteiger partial charge in [-0.15, -0.1) is 0 Å². The van der Waals surface area contributed by atoms with E-state index < -0.39 is 23.3 Å². The number of carbonyl (C=O) groups is 1. The third-order valence-corrected chi connectivity index (χ3v) is 4.73. The predicted octanol–water partition coefficient (Wildman–Crippen LogP) is 4.07. The second kappa shape index (κ2) is 7.60. The van der Waals surface area contributed by atoms with Crippen molar-refractivity contribution in [1.29, 1.82) is 0 Å². The standard InChI is InChI=1S/C20H20F3NO3/c21-20(22,23)16-7-9-17(10-8-16)27-19(18(25)26)11-4-12-24(14-19)13-15-5-2-1-3-6-15/h1-3,5-10H,4,11-14H2,(H,25,26)/p+1. The number of ether oxygens (including phenoxy) is 1. The summed E-state index contributed by atoms with van der Waals surface area (Å²) in [4.78, 5) is 14.0. The first-order valence-electron chi connectivity index (χ1n) is 8.68. The number of nitrogens with zero attached hydrogens (tertiary/aromatic N) is 1. The Hall–Kier alpha value is -2.54. The predicted molar refractivity (Wildman–Crippen MR) is 94.4 cm³/mol. The number of hydrogen-bond donors (Lipinski definition) is 1. The number of alkyl halides is 3. The Morgan fingerprint density at radius 3 is 2.37 bits per heavy atom. The summed E-state index contributed by atoms with van der Waals surface area (Å²) in [6.07, 6.45) is -3.42. The quantitative estimate of drug-likeness (QED) is 0.796. The van der Waals surface area contributed by atoms with Gasteiger partial charge in [0.25, 0.3) is 5.75 Å². The smallest absolute Gasteiger partial charge is 0.416 e. The van der Waals surface area contributed by atoms with Crippen molar-refractivity contribution in [1.82, 2.24) is 4.90 Å². The van der Waals surface area contributed by atoms with E-state index in [0.29, 0.717) is 19.4 Å². The van der Waals surface area contributed by atoms with Gasteiger partial charge < -0.3 is 9.84 Å². The lowest BCUT2D eigenvalue weighted by Crippen LogP contribution is -2.55. The third-order valence-electron chi connectivity index (χ3n) is 4.73. The van der Waals surface area contributed by atoms with Gasteiger partial charge in [-0.2, -0.15) is 13.2 Å². The van der Waals surface area contributed by atoms with Gasteiger partial charge in [0.05, 0.1) is 12.1 Å². The minimum Gasteiger partial charge on any atom is -0.570 e. The van der Waals surface area contributed by atoms with E-state index in [0.717, 1.165) is 24.2 Å². The lowest BCUT2D eigenvalue weighted by molar-refractivity contribution is -0.193. The SMILES string of the molecule is O=C(O)C1([OH+]c2ccc(C(F)(F)F)cc2)CCCN(Cc2ccccc2)C1. The van der Waals surface area contributed by atoms with E-state index in [-0.39, 0.29) is 12.3 Å². The number of rotatable bonds is 5. The van der Waals surface area contributed by atoms with Crippen LogP contribution in [0.1, 0.15) is 24.0 Å². The van der Waals surface area contributed by atoms with Crippen LogP contribution >= 0.6 is 0 Å². The van der Waals surface area contributed by atoms with Crippen LogP contribution in [0.5, 0.6) is 5.75 Å². The Labute approximate surface area is 155 Å². The van der Waals surface area contributed by atoms with Crippen LogP contribution in [0, 0.1) is 0 Å². The van der Waals surface area contributed by atoms with Gasteiger partial charge in [0, 0.05) is 25.1 Å². The van der Waals surface area contributed by atoms with E-state index in [2.05, 4.69) is 4.74 Å². The minimum absolute atomic E-state index is 0.220. The summed E-state index contributed by atoms with van der Waals surface area (Å²) in [7, 11) is 0. The molecule has 1 unspecified atom stereocenters. The molecule has 1 fully saturated rings. The Balaban J connectivity index is 1.76. The summed E-state index contributed by atoms with van der Waals surface area (Å²) in [5.41, 5.74) is -1.05. The Kier molecular flexibility index (Phi) is 5.41. The highest BCUT2D eigenvalue weighted by atomic mass is 19.4. The van der Waals surface area contributed by atoms with Crippen molar-refractivity contribution in [2.75, 3.05) is 13.1 Å². The molecule has 3 rings (SSSR count). The van der Waals surface area contributed by atoms with Gasteiger partial charge in [0.1, 0.15) is 0 Å². The first kappa shape index (κ1) is 19.2. The van der Waals surface area contributed by atoms with Crippen LogP contribution in [0.4, 0.5) is 13.2 Å². The lowest BCUT2D eigenvalue weighted by Gasteiger charge is -2.37. The first-order valence-corrected chi connectivity index (χ1v) is 8.68. The zero-order chi connectivity index (χ0) is 19.5. The number of likely N-dealkylation sites (tertiary alicyclic amines) is 1. The zero-order valence-corrected chi connectivity index (χ0v) is 14.6. The second-order valence-corrected chi connectivity index (χ2v) is 6.79. The lowest BCUT2D eigenvalue weighted by atomic mass is 9.92. The number of piperidine rings is 1. The van der Waals surface area contributed by atoms with E-state index in [1.807, 2.05) is 35.2 Å². The summed E-state index contributed by atoms with van der Waals surface area (Å²) in [5, 5.41) is 9.82. The number of carboxylic acids is 1. The van der Waals surface area contributed by atoms with Gasteiger partial charge in [-0.1, -0.05) is 30.3 Å². The fourth-order valence-electron chi connectivity index (χ4n) is 3.39. The van der Waals surface area contributed by atoms with Gasteiger partial charge in [-0.05, 0) is 30.7 Å². The van der Waals surface area contributed by atoms with E-state index in [9.17, 15) is 23.1 Å². The van der Waals surface area contributed by atoms with Gasteiger partial charge in [0.15, 0.2) is 0 Å². The summed E-state index contributed by atoms with van der Waals surface area (Å²) in [6, 6.07) is 14.0. The molecule has 0 radical (unpaired) electrons. The van der Waals surface area contributed by atoms with Crippen molar-refractivity contribution in [3.05, 3.63) is 65.7 Å². The molecule has 0 aliphatic carbocycles. The number of halogens is 3. The summed E-state index contributed by atoms with van der Waals surface area (Å²) >= 11 is 0. The molecule has 1 heterocycles. The molecule has 2 aromatic rings. The molecule has 1 saturated heterocycles. The van der Waals surface area contributed by atoms with Crippen molar-refractivity contribution in [3.8, 4) is 5.75 Å². The molecule has 4 nitrogen and oxygen atoms in total. The van der Waals surface area contributed by atoms with Crippen molar-refractivity contribution in [2.45, 2.75) is 31.2 Å². The Bertz CT molecular complexity index is 777. The molecule has 0 bridgehead atoms. The van der Waals surface area contributed by atoms with Crippen molar-refractivity contribution in [3.63, 3.8) is 0 Å². The molecule has 7 heteroatoms. The van der Waals surface area contributed by atoms with Crippen LogP contribution in [-0.4, -0.2) is 39.4 Å². The maximum Gasteiger partial charge on any atom is 0.416 e. The van der Waals surface area contributed by atoms with Gasteiger partial charge in [-0.3, -0.25) is 4.90 Å².